The van der Waals surface area contributed by atoms with E-state index in [2.05, 4.69) is 5.32 Å². The molecular formula is C13H24N2O4. The highest BCUT2D eigenvalue weighted by Crippen LogP contribution is 2.25. The molecule has 0 radical (unpaired) electrons. The fourth-order valence-corrected chi connectivity index (χ4v) is 2.58. The highest BCUT2D eigenvalue weighted by atomic mass is 16.5. The average molecular weight is 272 g/mol. The van der Waals surface area contributed by atoms with Crippen LogP contribution in [0.15, 0.2) is 0 Å². The molecule has 6 nitrogen and oxygen atoms in total. The van der Waals surface area contributed by atoms with Crippen LogP contribution in [0.4, 0.5) is 4.79 Å². The minimum absolute atomic E-state index is 0.00618. The molecule has 0 saturated heterocycles. The largest absolute Gasteiger partial charge is 0.481 e. The molecular weight excluding hydrogens is 248 g/mol. The highest BCUT2D eigenvalue weighted by molar-refractivity contribution is 5.75. The normalized spacial score (nSPS) is 23.9. The van der Waals surface area contributed by atoms with Crippen LogP contribution in [0.3, 0.4) is 0 Å². The minimum atomic E-state index is -0.767. The number of rotatable bonds is 6. The molecule has 3 atom stereocenters. The molecule has 0 aromatic carbocycles. The van der Waals surface area contributed by atoms with Crippen molar-refractivity contribution in [3.63, 3.8) is 0 Å². The summed E-state index contributed by atoms with van der Waals surface area (Å²) >= 11 is 0. The van der Waals surface area contributed by atoms with E-state index in [0.717, 1.165) is 6.42 Å². The van der Waals surface area contributed by atoms with Gasteiger partial charge in [-0.25, -0.2) is 4.79 Å². The van der Waals surface area contributed by atoms with Crippen molar-refractivity contribution in [2.45, 2.75) is 45.2 Å². The predicted molar refractivity (Wildman–Crippen MR) is 71.0 cm³/mol. The van der Waals surface area contributed by atoms with Crippen LogP contribution in [0, 0.1) is 5.92 Å². The number of ether oxygens (including phenoxy) is 1. The number of methoxy groups -OCH3 is 1. The Labute approximate surface area is 114 Å². The maximum absolute atomic E-state index is 12.1. The molecule has 0 spiro atoms. The number of carbonyl (C=O) groups is 2. The van der Waals surface area contributed by atoms with Gasteiger partial charge in [-0.3, -0.25) is 4.79 Å². The van der Waals surface area contributed by atoms with Crippen molar-refractivity contribution in [1.82, 2.24) is 10.2 Å². The number of likely N-dealkylation sites (N-methyl/N-ethyl adjacent to an activating group) is 1. The number of nitrogens with zero attached hydrogens (tertiary/aromatic N) is 1. The van der Waals surface area contributed by atoms with E-state index in [1.165, 1.54) is 0 Å². The smallest absolute Gasteiger partial charge is 0.317 e. The molecule has 0 bridgehead atoms. The Morgan fingerprint density at radius 1 is 1.47 bits per heavy atom. The first-order valence-corrected chi connectivity index (χ1v) is 6.78. The molecule has 1 saturated carbocycles. The monoisotopic (exact) mass is 272 g/mol. The molecule has 0 aliphatic heterocycles. The Hall–Kier alpha value is -1.30. The van der Waals surface area contributed by atoms with E-state index >= 15 is 0 Å². The Bertz CT molecular complexity index is 322. The van der Waals surface area contributed by atoms with Crippen LogP contribution in [0.2, 0.25) is 0 Å². The molecule has 19 heavy (non-hydrogen) atoms. The van der Waals surface area contributed by atoms with Crippen molar-refractivity contribution >= 4 is 12.0 Å². The van der Waals surface area contributed by atoms with Gasteiger partial charge in [0.25, 0.3) is 0 Å². The number of hydrogen-bond acceptors (Lipinski definition) is 3. The van der Waals surface area contributed by atoms with Crippen LogP contribution in [0.1, 0.15) is 33.1 Å². The fourth-order valence-electron chi connectivity index (χ4n) is 2.58. The van der Waals surface area contributed by atoms with Gasteiger partial charge in [0.2, 0.25) is 0 Å². The Balaban J connectivity index is 2.47. The molecule has 1 aliphatic rings. The molecule has 110 valence electrons. The lowest BCUT2D eigenvalue weighted by Crippen LogP contribution is -2.49. The van der Waals surface area contributed by atoms with E-state index in [1.807, 2.05) is 13.8 Å². The van der Waals surface area contributed by atoms with Crippen LogP contribution in [-0.2, 0) is 9.53 Å². The molecule has 0 aromatic rings. The quantitative estimate of drug-likeness (QED) is 0.764. The molecule has 1 unspecified atom stereocenters. The van der Waals surface area contributed by atoms with Gasteiger partial charge in [-0.15, -0.1) is 0 Å². The number of carboxylic acid groups (broad SMARTS) is 1. The summed E-state index contributed by atoms with van der Waals surface area (Å²) in [6.45, 7) is 4.94. The number of aliphatic carboxylic acids is 1. The topological polar surface area (TPSA) is 78.9 Å². The molecule has 2 amide bonds. The first kappa shape index (κ1) is 15.8. The van der Waals surface area contributed by atoms with Gasteiger partial charge >= 0.3 is 12.0 Å². The Morgan fingerprint density at radius 2 is 2.16 bits per heavy atom. The minimum Gasteiger partial charge on any atom is -0.481 e. The fraction of sp³-hybridized carbons (Fsp3) is 0.846. The van der Waals surface area contributed by atoms with Gasteiger partial charge < -0.3 is 20.1 Å². The molecule has 2 N–H and O–H groups in total. The molecule has 6 heteroatoms. The molecule has 1 rings (SSSR count). The summed E-state index contributed by atoms with van der Waals surface area (Å²) in [7, 11) is 1.61. The van der Waals surface area contributed by atoms with Gasteiger partial charge in [-0.1, -0.05) is 0 Å². The van der Waals surface area contributed by atoms with E-state index in [4.69, 9.17) is 9.84 Å². The first-order chi connectivity index (χ1) is 8.99. The zero-order valence-electron chi connectivity index (χ0n) is 11.9. The zero-order valence-corrected chi connectivity index (χ0v) is 11.9. The standard InChI is InChI=1S/C13H24N2O4/c1-4-15(9(2)8-19-3)13(18)14-11-6-5-10(7-11)12(16)17/h9-11H,4-8H2,1-3H3,(H,14,18)(H,16,17)/t9?,10-,11+/m1/s1. The summed E-state index contributed by atoms with van der Waals surface area (Å²) in [5.74, 6) is -1.09. The van der Waals surface area contributed by atoms with Gasteiger partial charge in [-0.05, 0) is 33.1 Å². The number of nitrogens with one attached hydrogen (secondary N) is 1. The molecule has 1 fully saturated rings. The van der Waals surface area contributed by atoms with Crippen LogP contribution < -0.4 is 5.32 Å². The summed E-state index contributed by atoms with van der Waals surface area (Å²) in [5.41, 5.74) is 0. The van der Waals surface area contributed by atoms with Gasteiger partial charge in [0, 0.05) is 19.7 Å². The third kappa shape index (κ3) is 4.38. The van der Waals surface area contributed by atoms with Crippen molar-refractivity contribution in [3.05, 3.63) is 0 Å². The van der Waals surface area contributed by atoms with Gasteiger partial charge in [0.05, 0.1) is 18.6 Å². The van der Waals surface area contributed by atoms with E-state index in [1.54, 1.807) is 12.0 Å². The summed E-state index contributed by atoms with van der Waals surface area (Å²) < 4.78 is 5.06. The maximum Gasteiger partial charge on any atom is 0.317 e. The van der Waals surface area contributed by atoms with E-state index in [0.29, 0.717) is 26.0 Å². The van der Waals surface area contributed by atoms with E-state index in [-0.39, 0.29) is 24.0 Å². The van der Waals surface area contributed by atoms with Gasteiger partial charge in [0.1, 0.15) is 0 Å². The maximum atomic E-state index is 12.1. The Kier molecular flexibility index (Phi) is 6.08. The van der Waals surface area contributed by atoms with Gasteiger partial charge in [0.15, 0.2) is 0 Å². The van der Waals surface area contributed by atoms with Crippen molar-refractivity contribution < 1.29 is 19.4 Å². The molecule has 1 aliphatic carbocycles. The summed E-state index contributed by atoms with van der Waals surface area (Å²) in [6, 6.07) is -0.160. The van der Waals surface area contributed by atoms with E-state index < -0.39 is 5.97 Å². The van der Waals surface area contributed by atoms with Crippen LogP contribution in [0.5, 0.6) is 0 Å². The SMILES string of the molecule is CCN(C(=O)N[C@H]1CC[C@@H](C(=O)O)C1)C(C)COC. The summed E-state index contributed by atoms with van der Waals surface area (Å²) in [5, 5.41) is 11.9. The first-order valence-electron chi connectivity index (χ1n) is 6.78. The highest BCUT2D eigenvalue weighted by Gasteiger charge is 2.31. The van der Waals surface area contributed by atoms with Crippen molar-refractivity contribution in [1.29, 1.82) is 0 Å². The molecule has 0 aromatic heterocycles. The second-order valence-corrected chi connectivity index (χ2v) is 5.09. The summed E-state index contributed by atoms with van der Waals surface area (Å²) in [4.78, 5) is 24.7. The lowest BCUT2D eigenvalue weighted by atomic mass is 10.1. The second kappa shape index (κ2) is 7.33. The lowest BCUT2D eigenvalue weighted by Gasteiger charge is -2.29. The van der Waals surface area contributed by atoms with Crippen LogP contribution in [0.25, 0.3) is 0 Å². The second-order valence-electron chi connectivity index (χ2n) is 5.09. The number of hydrogen-bond donors (Lipinski definition) is 2. The molecule has 0 heterocycles. The van der Waals surface area contributed by atoms with Crippen molar-refractivity contribution in [2.75, 3.05) is 20.3 Å². The number of carbonyl (C=O) groups excluding carboxylic acids is 1. The zero-order chi connectivity index (χ0) is 14.4. The van der Waals surface area contributed by atoms with E-state index in [9.17, 15) is 9.59 Å². The number of carboxylic acids is 1. The average Bonchev–Trinajstić information content (AvgIpc) is 2.78. The number of urea groups is 1. The van der Waals surface area contributed by atoms with Crippen molar-refractivity contribution in [2.24, 2.45) is 5.92 Å². The number of amides is 2. The lowest BCUT2D eigenvalue weighted by molar-refractivity contribution is -0.141. The van der Waals surface area contributed by atoms with Crippen LogP contribution in [-0.4, -0.2) is 54.4 Å². The third-order valence-electron chi connectivity index (χ3n) is 3.65. The van der Waals surface area contributed by atoms with Crippen LogP contribution >= 0.6 is 0 Å². The predicted octanol–water partition coefficient (Wildman–Crippen LogP) is 1.31. The Morgan fingerprint density at radius 3 is 2.63 bits per heavy atom. The van der Waals surface area contributed by atoms with Gasteiger partial charge in [-0.2, -0.15) is 0 Å². The third-order valence-corrected chi connectivity index (χ3v) is 3.65. The summed E-state index contributed by atoms with van der Waals surface area (Å²) in [6.07, 6.45) is 1.90. The van der Waals surface area contributed by atoms with Crippen molar-refractivity contribution in [3.8, 4) is 0 Å².